The van der Waals surface area contributed by atoms with E-state index in [1.54, 1.807) is 13.0 Å². The minimum atomic E-state index is -1.41. The largest absolute Gasteiger partial charge is 0.458 e. The van der Waals surface area contributed by atoms with Crippen LogP contribution in [-0.2, 0) is 19.0 Å². The Morgan fingerprint density at radius 1 is 0.923 bits per heavy atom. The van der Waals surface area contributed by atoms with E-state index in [-0.39, 0.29) is 36.8 Å². The van der Waals surface area contributed by atoms with Crippen molar-refractivity contribution in [1.82, 2.24) is 0 Å². The molecule has 2 aliphatic heterocycles. The molecule has 14 atom stereocenters. The molecule has 4 saturated carbocycles. The van der Waals surface area contributed by atoms with Gasteiger partial charge in [-0.15, -0.1) is 0 Å². The Bertz CT molecular complexity index is 1030. The summed E-state index contributed by atoms with van der Waals surface area (Å²) in [6.45, 7) is 5.92. The summed E-state index contributed by atoms with van der Waals surface area (Å²) in [5, 5.41) is 66.9. The highest BCUT2D eigenvalue weighted by molar-refractivity contribution is 5.85. The highest BCUT2D eigenvalue weighted by Gasteiger charge is 2.72. The number of aliphatic hydroxyl groups is 6. The molecule has 10 nitrogen and oxygen atoms in total. The van der Waals surface area contributed by atoms with Gasteiger partial charge in [-0.1, -0.05) is 13.8 Å². The van der Waals surface area contributed by atoms with Crippen molar-refractivity contribution in [3.05, 3.63) is 11.6 Å². The molecule has 1 saturated heterocycles. The predicted molar refractivity (Wildman–Crippen MR) is 136 cm³/mol. The number of rotatable bonds is 3. The first kappa shape index (κ1) is 28.0. The van der Waals surface area contributed by atoms with Crippen LogP contribution in [-0.4, -0.2) is 97.3 Å². The summed E-state index contributed by atoms with van der Waals surface area (Å²) >= 11 is 0. The minimum absolute atomic E-state index is 0.0412. The second kappa shape index (κ2) is 9.19. The molecule has 6 rings (SSSR count). The van der Waals surface area contributed by atoms with Crippen molar-refractivity contribution in [3.63, 3.8) is 0 Å². The van der Waals surface area contributed by atoms with Gasteiger partial charge in [-0.2, -0.15) is 0 Å². The Hall–Kier alpha value is -1.11. The number of ether oxygens (including phenoxy) is 3. The molecule has 6 N–H and O–H groups in total. The molecule has 0 aromatic carbocycles. The van der Waals surface area contributed by atoms with Crippen LogP contribution in [0.3, 0.4) is 0 Å². The van der Waals surface area contributed by atoms with Crippen LogP contribution in [0.5, 0.6) is 0 Å². The molecular weight excluding hydrogens is 508 g/mol. The lowest BCUT2D eigenvalue weighted by Crippen LogP contribution is -2.71. The van der Waals surface area contributed by atoms with E-state index in [0.29, 0.717) is 38.5 Å². The second-order valence-electron chi connectivity index (χ2n) is 13.8. The minimum Gasteiger partial charge on any atom is -0.458 e. The monoisotopic (exact) mass is 552 g/mol. The van der Waals surface area contributed by atoms with Crippen LogP contribution in [0, 0.1) is 28.6 Å². The molecule has 5 fully saturated rings. The Morgan fingerprint density at radius 3 is 2.36 bits per heavy atom. The predicted octanol–water partition coefficient (Wildman–Crippen LogP) is 0.542. The van der Waals surface area contributed by atoms with Gasteiger partial charge >= 0.3 is 5.97 Å². The van der Waals surface area contributed by atoms with Crippen LogP contribution in [0.2, 0.25) is 0 Å². The van der Waals surface area contributed by atoms with Crippen LogP contribution in [0.25, 0.3) is 0 Å². The first-order chi connectivity index (χ1) is 18.2. The molecule has 39 heavy (non-hydrogen) atoms. The third-order valence-corrected chi connectivity index (χ3v) is 12.2. The van der Waals surface area contributed by atoms with Crippen molar-refractivity contribution in [2.45, 2.75) is 126 Å². The van der Waals surface area contributed by atoms with Crippen molar-refractivity contribution >= 4 is 5.97 Å². The quantitative estimate of drug-likeness (QED) is 0.215. The number of carbonyl (C=O) groups excluding carboxylic acids is 1. The Morgan fingerprint density at radius 2 is 1.67 bits per heavy atom. The molecule has 4 aliphatic carbocycles. The smallest absolute Gasteiger partial charge is 0.331 e. The van der Waals surface area contributed by atoms with Crippen LogP contribution in [0.1, 0.15) is 72.1 Å². The van der Waals surface area contributed by atoms with Crippen molar-refractivity contribution < 1.29 is 49.6 Å². The maximum absolute atomic E-state index is 12.4. The Kier molecular flexibility index (Phi) is 6.61. The van der Waals surface area contributed by atoms with E-state index in [1.807, 2.05) is 13.8 Å². The van der Waals surface area contributed by atoms with E-state index in [1.165, 1.54) is 0 Å². The molecule has 0 aromatic heterocycles. The lowest BCUT2D eigenvalue weighted by atomic mass is 9.41. The van der Waals surface area contributed by atoms with Crippen molar-refractivity contribution in [2.24, 2.45) is 28.6 Å². The number of carbonyl (C=O) groups is 1. The van der Waals surface area contributed by atoms with E-state index in [2.05, 4.69) is 0 Å². The number of hydrogen-bond acceptors (Lipinski definition) is 10. The van der Waals surface area contributed by atoms with Gasteiger partial charge in [0.05, 0.1) is 29.5 Å². The zero-order valence-corrected chi connectivity index (χ0v) is 23.0. The number of aliphatic hydroxyl groups excluding tert-OH is 4. The molecule has 0 spiro atoms. The number of esters is 1. The molecule has 2 heterocycles. The highest BCUT2D eigenvalue weighted by atomic mass is 16.7. The van der Waals surface area contributed by atoms with Gasteiger partial charge < -0.3 is 44.8 Å². The summed E-state index contributed by atoms with van der Waals surface area (Å²) < 4.78 is 16.9. The zero-order chi connectivity index (χ0) is 28.1. The van der Waals surface area contributed by atoms with Gasteiger partial charge in [0.25, 0.3) is 0 Å². The van der Waals surface area contributed by atoms with Crippen molar-refractivity contribution in [3.8, 4) is 0 Å². The summed E-state index contributed by atoms with van der Waals surface area (Å²) in [5.74, 6) is -0.893. The van der Waals surface area contributed by atoms with Gasteiger partial charge in [-0.3, -0.25) is 0 Å². The SMILES string of the molecule is CC1O[C@H](O[C@H]2CC[C@]3(C)C4C(O)C[C@]5(C)[C@@H](C6=CC(=O)OC6)CC[C@]5(O)C4CC[C@]3(O)C2)C(O)C(O)[C@H]1O. The van der Waals surface area contributed by atoms with E-state index < -0.39 is 64.9 Å². The van der Waals surface area contributed by atoms with Gasteiger partial charge in [0.1, 0.15) is 24.9 Å². The topological polar surface area (TPSA) is 166 Å². The van der Waals surface area contributed by atoms with Crippen LogP contribution < -0.4 is 0 Å². The molecular formula is C29H44O10. The Balaban J connectivity index is 1.22. The molecule has 6 unspecified atom stereocenters. The van der Waals surface area contributed by atoms with Gasteiger partial charge in [-0.25, -0.2) is 4.79 Å². The average Bonchev–Trinajstić information content (AvgIpc) is 3.41. The van der Waals surface area contributed by atoms with Crippen molar-refractivity contribution in [1.29, 1.82) is 0 Å². The third kappa shape index (κ3) is 3.86. The van der Waals surface area contributed by atoms with Crippen LogP contribution in [0.4, 0.5) is 0 Å². The molecule has 6 aliphatic rings. The van der Waals surface area contributed by atoms with E-state index in [9.17, 15) is 35.4 Å². The maximum atomic E-state index is 12.4. The van der Waals surface area contributed by atoms with Gasteiger partial charge in [-0.05, 0) is 75.2 Å². The summed E-state index contributed by atoms with van der Waals surface area (Å²) in [4.78, 5) is 11.8. The fourth-order valence-corrected chi connectivity index (χ4v) is 9.89. The van der Waals surface area contributed by atoms with Gasteiger partial charge in [0.2, 0.25) is 0 Å². The first-order valence-corrected chi connectivity index (χ1v) is 14.6. The van der Waals surface area contributed by atoms with E-state index >= 15 is 0 Å². The second-order valence-corrected chi connectivity index (χ2v) is 13.8. The Labute approximate surface area is 229 Å². The third-order valence-electron chi connectivity index (χ3n) is 12.2. The molecule has 0 radical (unpaired) electrons. The number of fused-ring (bicyclic) bond motifs is 5. The molecule has 0 bridgehead atoms. The van der Waals surface area contributed by atoms with Crippen molar-refractivity contribution in [2.75, 3.05) is 6.61 Å². The summed E-state index contributed by atoms with van der Waals surface area (Å²) in [5.41, 5.74) is -2.54. The lowest BCUT2D eigenvalue weighted by molar-refractivity contribution is -0.323. The normalized spacial score (nSPS) is 57.3. The summed E-state index contributed by atoms with van der Waals surface area (Å²) in [6.07, 6.45) is -1.39. The summed E-state index contributed by atoms with van der Waals surface area (Å²) in [6, 6.07) is 0. The molecule has 0 amide bonds. The maximum Gasteiger partial charge on any atom is 0.331 e. The highest BCUT2D eigenvalue weighted by Crippen LogP contribution is 2.70. The molecule has 220 valence electrons. The standard InChI is InChI=1S/C29H44O10/c1-14-22(32)23(33)24(34)25(38-14)39-16-4-7-26(2)21-18(5-8-28(26,35)11-16)29(36)9-6-17(15-10-20(31)37-13-15)27(29,3)12-19(21)30/h10,14,16-19,21-25,30,32-36H,4-9,11-13H2,1-3H3/t14?,16-,17+,18?,19?,21?,22-,23?,24?,25+,26+,27+,28-,29-/m0/s1. The first-order valence-electron chi connectivity index (χ1n) is 14.6. The fraction of sp³-hybridized carbons (Fsp3) is 0.897. The summed E-state index contributed by atoms with van der Waals surface area (Å²) in [7, 11) is 0. The van der Waals surface area contributed by atoms with E-state index in [0.717, 1.165) is 12.0 Å². The lowest BCUT2D eigenvalue weighted by Gasteiger charge is -2.67. The van der Waals surface area contributed by atoms with Gasteiger partial charge in [0, 0.05) is 23.3 Å². The molecule has 10 heteroatoms. The average molecular weight is 553 g/mol. The molecule has 0 aromatic rings. The van der Waals surface area contributed by atoms with Gasteiger partial charge in [0.15, 0.2) is 6.29 Å². The zero-order valence-electron chi connectivity index (χ0n) is 23.0. The van der Waals surface area contributed by atoms with E-state index in [4.69, 9.17) is 14.2 Å². The van der Waals surface area contributed by atoms with Crippen LogP contribution >= 0.6 is 0 Å². The number of hydrogen-bond donors (Lipinski definition) is 6. The number of cyclic esters (lactones) is 1. The fourth-order valence-electron chi connectivity index (χ4n) is 9.89. The van der Waals surface area contributed by atoms with Crippen LogP contribution in [0.15, 0.2) is 11.6 Å².